The fourth-order valence-electron chi connectivity index (χ4n) is 3.03. The van der Waals surface area contributed by atoms with Gasteiger partial charge in [0, 0.05) is 36.8 Å². The van der Waals surface area contributed by atoms with Crippen LogP contribution in [0.3, 0.4) is 0 Å². The molecule has 4 nitrogen and oxygen atoms in total. The molecule has 3 N–H and O–H groups in total. The van der Waals surface area contributed by atoms with Crippen molar-refractivity contribution in [1.82, 2.24) is 5.32 Å². The lowest BCUT2D eigenvalue weighted by molar-refractivity contribution is -0.125. The number of rotatable bonds is 4. The number of nitrogens with one attached hydrogen (secondary N) is 1. The number of carbonyl (C=O) groups is 1. The Hall–Kier alpha value is -0.970. The van der Waals surface area contributed by atoms with Crippen molar-refractivity contribution in [2.24, 2.45) is 11.7 Å². The molecule has 0 spiro atoms. The Morgan fingerprint density at radius 1 is 1.12 bits per heavy atom. The SMILES string of the molecule is CC(N)C(C)C(=O)NC1CCN(c2ccc(C(C)(C)C)cc2)CC1.Cl.Cl. The molecule has 6 heteroatoms. The van der Waals surface area contributed by atoms with Crippen molar-refractivity contribution in [3.8, 4) is 0 Å². The summed E-state index contributed by atoms with van der Waals surface area (Å²) >= 11 is 0. The lowest BCUT2D eigenvalue weighted by Crippen LogP contribution is -2.48. The molecule has 0 aromatic heterocycles. The highest BCUT2D eigenvalue weighted by molar-refractivity contribution is 5.85. The third-order valence-corrected chi connectivity index (χ3v) is 5.14. The topological polar surface area (TPSA) is 58.4 Å². The van der Waals surface area contributed by atoms with Crippen molar-refractivity contribution >= 4 is 36.4 Å². The molecule has 1 aliphatic rings. The lowest BCUT2D eigenvalue weighted by Gasteiger charge is -2.35. The summed E-state index contributed by atoms with van der Waals surface area (Å²) in [5, 5.41) is 3.16. The van der Waals surface area contributed by atoms with Crippen LogP contribution in [-0.4, -0.2) is 31.1 Å². The van der Waals surface area contributed by atoms with E-state index in [1.807, 2.05) is 13.8 Å². The molecule has 2 unspecified atom stereocenters. The molecule has 2 rings (SSSR count). The molecule has 1 aromatic rings. The molecule has 0 saturated carbocycles. The number of anilines is 1. The Morgan fingerprint density at radius 3 is 2.04 bits per heavy atom. The average Bonchev–Trinajstić information content (AvgIpc) is 2.54. The fourth-order valence-corrected chi connectivity index (χ4v) is 3.03. The van der Waals surface area contributed by atoms with E-state index in [9.17, 15) is 4.79 Å². The molecular formula is C20H35Cl2N3O. The highest BCUT2D eigenvalue weighted by Gasteiger charge is 2.24. The van der Waals surface area contributed by atoms with Gasteiger partial charge in [-0.2, -0.15) is 0 Å². The first kappa shape index (κ1) is 25.0. The van der Waals surface area contributed by atoms with Crippen molar-refractivity contribution in [1.29, 1.82) is 0 Å². The van der Waals surface area contributed by atoms with E-state index in [1.54, 1.807) is 0 Å². The second-order valence-corrected chi connectivity index (χ2v) is 8.21. The number of halogens is 2. The Labute approximate surface area is 171 Å². The van der Waals surface area contributed by atoms with Gasteiger partial charge in [-0.15, -0.1) is 24.8 Å². The summed E-state index contributed by atoms with van der Waals surface area (Å²) < 4.78 is 0. The molecular weight excluding hydrogens is 369 g/mol. The summed E-state index contributed by atoms with van der Waals surface area (Å²) in [4.78, 5) is 14.5. The van der Waals surface area contributed by atoms with E-state index in [4.69, 9.17) is 5.73 Å². The van der Waals surface area contributed by atoms with Crippen LogP contribution < -0.4 is 16.0 Å². The third-order valence-electron chi connectivity index (χ3n) is 5.14. The van der Waals surface area contributed by atoms with Crippen LogP contribution in [0.4, 0.5) is 5.69 Å². The summed E-state index contributed by atoms with van der Waals surface area (Å²) in [6.07, 6.45) is 1.97. The van der Waals surface area contributed by atoms with E-state index in [0.717, 1.165) is 25.9 Å². The van der Waals surface area contributed by atoms with E-state index in [0.29, 0.717) is 0 Å². The van der Waals surface area contributed by atoms with Gasteiger partial charge in [-0.05, 0) is 42.9 Å². The van der Waals surface area contributed by atoms with Crippen molar-refractivity contribution in [3.63, 3.8) is 0 Å². The molecule has 150 valence electrons. The van der Waals surface area contributed by atoms with E-state index >= 15 is 0 Å². The predicted octanol–water partition coefficient (Wildman–Crippen LogP) is 3.90. The maximum atomic E-state index is 12.1. The van der Waals surface area contributed by atoms with Crippen molar-refractivity contribution in [2.45, 2.75) is 65.0 Å². The molecule has 26 heavy (non-hydrogen) atoms. The largest absolute Gasteiger partial charge is 0.371 e. The van der Waals surface area contributed by atoms with Crippen LogP contribution in [0.25, 0.3) is 0 Å². The normalized spacial score (nSPS) is 17.5. The molecule has 1 saturated heterocycles. The first-order valence-corrected chi connectivity index (χ1v) is 9.10. The van der Waals surface area contributed by atoms with E-state index in [1.165, 1.54) is 11.3 Å². The highest BCUT2D eigenvalue weighted by atomic mass is 35.5. The molecule has 2 atom stereocenters. The smallest absolute Gasteiger partial charge is 0.224 e. The van der Waals surface area contributed by atoms with Gasteiger partial charge in [0.2, 0.25) is 5.91 Å². The van der Waals surface area contributed by atoms with E-state index in [-0.39, 0.29) is 54.1 Å². The number of nitrogens with two attached hydrogens (primary N) is 1. The molecule has 1 aliphatic heterocycles. The number of amides is 1. The molecule has 1 heterocycles. The summed E-state index contributed by atoms with van der Waals surface area (Å²) in [5.74, 6) is -0.0500. The van der Waals surface area contributed by atoms with Crippen LogP contribution in [0, 0.1) is 5.92 Å². The predicted molar refractivity (Wildman–Crippen MR) is 116 cm³/mol. The van der Waals surface area contributed by atoms with Gasteiger partial charge >= 0.3 is 0 Å². The third kappa shape index (κ3) is 6.64. The Bertz CT molecular complexity index is 547. The zero-order valence-electron chi connectivity index (χ0n) is 16.6. The Morgan fingerprint density at radius 2 is 1.62 bits per heavy atom. The monoisotopic (exact) mass is 403 g/mol. The first-order valence-electron chi connectivity index (χ1n) is 9.10. The minimum Gasteiger partial charge on any atom is -0.371 e. The number of hydrogen-bond acceptors (Lipinski definition) is 3. The van der Waals surface area contributed by atoms with Gasteiger partial charge in [-0.3, -0.25) is 4.79 Å². The van der Waals surface area contributed by atoms with Gasteiger partial charge in [0.25, 0.3) is 0 Å². The number of piperidine rings is 1. The zero-order valence-corrected chi connectivity index (χ0v) is 18.3. The zero-order chi connectivity index (χ0) is 17.9. The quantitative estimate of drug-likeness (QED) is 0.800. The number of hydrogen-bond donors (Lipinski definition) is 2. The van der Waals surface area contributed by atoms with Crippen LogP contribution in [0.2, 0.25) is 0 Å². The molecule has 1 fully saturated rings. The first-order chi connectivity index (χ1) is 11.2. The molecule has 0 aliphatic carbocycles. The Kier molecular flexibility index (Phi) is 10.00. The van der Waals surface area contributed by atoms with Gasteiger partial charge < -0.3 is 16.0 Å². The van der Waals surface area contributed by atoms with Gasteiger partial charge in [0.1, 0.15) is 0 Å². The van der Waals surface area contributed by atoms with E-state index in [2.05, 4.69) is 55.3 Å². The molecule has 1 amide bonds. The van der Waals surface area contributed by atoms with Gasteiger partial charge in [0.15, 0.2) is 0 Å². The fraction of sp³-hybridized carbons (Fsp3) is 0.650. The molecule has 1 aromatic carbocycles. The van der Waals surface area contributed by atoms with Gasteiger partial charge in [-0.1, -0.05) is 39.8 Å². The average molecular weight is 404 g/mol. The maximum absolute atomic E-state index is 12.1. The van der Waals surface area contributed by atoms with Crippen LogP contribution in [0.1, 0.15) is 53.0 Å². The second-order valence-electron chi connectivity index (χ2n) is 8.21. The number of carbonyl (C=O) groups excluding carboxylic acids is 1. The Balaban J connectivity index is 0.00000312. The van der Waals surface area contributed by atoms with E-state index < -0.39 is 0 Å². The summed E-state index contributed by atoms with van der Waals surface area (Å²) in [6, 6.07) is 9.06. The minimum absolute atomic E-state index is 0. The van der Waals surface area contributed by atoms with Crippen molar-refractivity contribution < 1.29 is 4.79 Å². The highest BCUT2D eigenvalue weighted by Crippen LogP contribution is 2.26. The lowest BCUT2D eigenvalue weighted by atomic mass is 9.87. The second kappa shape index (κ2) is 10.4. The summed E-state index contributed by atoms with van der Waals surface area (Å²) in [6.45, 7) is 12.4. The van der Waals surface area contributed by atoms with Crippen molar-refractivity contribution in [3.05, 3.63) is 29.8 Å². The van der Waals surface area contributed by atoms with Crippen molar-refractivity contribution in [2.75, 3.05) is 18.0 Å². The molecule has 0 bridgehead atoms. The number of benzene rings is 1. The maximum Gasteiger partial charge on any atom is 0.224 e. The van der Waals surface area contributed by atoms with Crippen LogP contribution in [0.5, 0.6) is 0 Å². The number of nitrogens with zero attached hydrogens (tertiary/aromatic N) is 1. The standard InChI is InChI=1S/C20H33N3O.2ClH/c1-14(15(2)21)19(24)22-17-10-12-23(13-11-17)18-8-6-16(7-9-18)20(3,4)5;;/h6-9,14-15,17H,10-13,21H2,1-5H3,(H,22,24);2*1H. The molecule has 0 radical (unpaired) electrons. The van der Waals surface area contributed by atoms with Gasteiger partial charge in [0.05, 0.1) is 0 Å². The van der Waals surface area contributed by atoms with Gasteiger partial charge in [-0.25, -0.2) is 0 Å². The minimum atomic E-state index is -0.132. The summed E-state index contributed by atoms with van der Waals surface area (Å²) in [7, 11) is 0. The van der Waals surface area contributed by atoms with Crippen LogP contribution in [0.15, 0.2) is 24.3 Å². The van der Waals surface area contributed by atoms with Crippen LogP contribution >= 0.6 is 24.8 Å². The summed E-state index contributed by atoms with van der Waals surface area (Å²) in [5.41, 5.74) is 8.64. The van der Waals surface area contributed by atoms with Crippen LogP contribution in [-0.2, 0) is 10.2 Å².